The molecule has 9 heteroatoms. The number of aromatic nitrogens is 3. The molecule has 1 aromatic carbocycles. The lowest BCUT2D eigenvalue weighted by molar-refractivity contribution is -0.137. The molecule has 0 atom stereocenters. The standard InChI is InChI=1S/C17H12F3N3O2S/c1-26(24,25)14-10-22-16(12-5-3-7-21-9-12)23-15(14)11-4-2-6-13(8-11)17(18,19)20/h2-10H,1H3. The third-order valence-electron chi connectivity index (χ3n) is 3.54. The predicted molar refractivity (Wildman–Crippen MR) is 88.8 cm³/mol. The molecule has 0 spiro atoms. The van der Waals surface area contributed by atoms with Crippen LogP contribution in [0.1, 0.15) is 5.56 Å². The normalized spacial score (nSPS) is 12.2. The Labute approximate surface area is 147 Å². The highest BCUT2D eigenvalue weighted by molar-refractivity contribution is 7.90. The second kappa shape index (κ2) is 6.49. The molecular formula is C17H12F3N3O2S. The topological polar surface area (TPSA) is 72.8 Å². The Kier molecular flexibility index (Phi) is 4.49. The largest absolute Gasteiger partial charge is 0.416 e. The molecule has 2 heterocycles. The van der Waals surface area contributed by atoms with Crippen LogP contribution in [-0.4, -0.2) is 29.6 Å². The van der Waals surface area contributed by atoms with Crippen LogP contribution in [0.4, 0.5) is 13.2 Å². The first-order valence-corrected chi connectivity index (χ1v) is 9.20. The molecule has 0 aliphatic heterocycles. The first kappa shape index (κ1) is 18.0. The summed E-state index contributed by atoms with van der Waals surface area (Å²) in [6.45, 7) is 0. The van der Waals surface area contributed by atoms with Gasteiger partial charge in [-0.3, -0.25) is 4.98 Å². The highest BCUT2D eigenvalue weighted by atomic mass is 32.2. The smallest absolute Gasteiger partial charge is 0.264 e. The van der Waals surface area contributed by atoms with Gasteiger partial charge in [-0.25, -0.2) is 18.4 Å². The minimum absolute atomic E-state index is 0.0350. The molecule has 2 aromatic heterocycles. The molecule has 3 rings (SSSR count). The maximum atomic E-state index is 13.0. The van der Waals surface area contributed by atoms with Gasteiger partial charge in [0.25, 0.3) is 0 Å². The van der Waals surface area contributed by atoms with Gasteiger partial charge in [-0.2, -0.15) is 13.2 Å². The lowest BCUT2D eigenvalue weighted by atomic mass is 10.1. The third kappa shape index (κ3) is 3.72. The first-order valence-electron chi connectivity index (χ1n) is 7.31. The molecule has 5 nitrogen and oxygen atoms in total. The van der Waals surface area contributed by atoms with Gasteiger partial charge < -0.3 is 0 Å². The van der Waals surface area contributed by atoms with Crippen LogP contribution in [0.2, 0.25) is 0 Å². The van der Waals surface area contributed by atoms with Crippen molar-refractivity contribution >= 4 is 9.84 Å². The summed E-state index contributed by atoms with van der Waals surface area (Å²) >= 11 is 0. The molecule has 0 aliphatic rings. The summed E-state index contributed by atoms with van der Waals surface area (Å²) in [5, 5.41) is 0. The average molecular weight is 379 g/mol. The number of hydrogen-bond acceptors (Lipinski definition) is 5. The van der Waals surface area contributed by atoms with Gasteiger partial charge in [-0.15, -0.1) is 0 Å². The zero-order valence-electron chi connectivity index (χ0n) is 13.4. The van der Waals surface area contributed by atoms with Gasteiger partial charge in [0.1, 0.15) is 4.90 Å². The van der Waals surface area contributed by atoms with Crippen molar-refractivity contribution < 1.29 is 21.6 Å². The Hall–Kier alpha value is -2.81. The quantitative estimate of drug-likeness (QED) is 0.695. The van der Waals surface area contributed by atoms with Gasteiger partial charge in [0.05, 0.1) is 17.5 Å². The fourth-order valence-electron chi connectivity index (χ4n) is 2.33. The van der Waals surface area contributed by atoms with E-state index in [9.17, 15) is 21.6 Å². The van der Waals surface area contributed by atoms with Crippen molar-refractivity contribution in [2.45, 2.75) is 11.1 Å². The molecule has 3 aromatic rings. The molecule has 0 radical (unpaired) electrons. The first-order chi connectivity index (χ1) is 12.2. The molecule has 0 saturated carbocycles. The van der Waals surface area contributed by atoms with E-state index >= 15 is 0 Å². The molecule has 26 heavy (non-hydrogen) atoms. The number of alkyl halides is 3. The van der Waals surface area contributed by atoms with Crippen molar-refractivity contribution in [3.63, 3.8) is 0 Å². The van der Waals surface area contributed by atoms with E-state index in [1.165, 1.54) is 18.3 Å². The Morgan fingerprint density at radius 3 is 2.35 bits per heavy atom. The molecule has 0 N–H and O–H groups in total. The van der Waals surface area contributed by atoms with Gasteiger partial charge >= 0.3 is 6.18 Å². The second-order valence-corrected chi connectivity index (χ2v) is 7.48. The van der Waals surface area contributed by atoms with Crippen molar-refractivity contribution in [3.05, 3.63) is 60.6 Å². The number of rotatable bonds is 3. The van der Waals surface area contributed by atoms with Crippen molar-refractivity contribution in [2.24, 2.45) is 0 Å². The Morgan fingerprint density at radius 2 is 1.73 bits per heavy atom. The summed E-state index contributed by atoms with van der Waals surface area (Å²) in [5.74, 6) is 0.165. The van der Waals surface area contributed by atoms with Crippen LogP contribution >= 0.6 is 0 Å². The van der Waals surface area contributed by atoms with Crippen LogP contribution in [0.15, 0.2) is 59.9 Å². The molecule has 0 fully saturated rings. The molecule has 0 bridgehead atoms. The van der Waals surface area contributed by atoms with E-state index in [4.69, 9.17) is 0 Å². The summed E-state index contributed by atoms with van der Waals surface area (Å²) in [6, 6.07) is 7.66. The maximum absolute atomic E-state index is 13.0. The van der Waals surface area contributed by atoms with Gasteiger partial charge in [-0.05, 0) is 24.3 Å². The summed E-state index contributed by atoms with van der Waals surface area (Å²) in [6.07, 6.45) is 0.515. The lowest BCUT2D eigenvalue weighted by Crippen LogP contribution is -2.07. The Morgan fingerprint density at radius 1 is 1.00 bits per heavy atom. The Balaban J connectivity index is 2.24. The average Bonchev–Trinajstić information content (AvgIpc) is 2.60. The molecule has 0 unspecified atom stereocenters. The predicted octanol–water partition coefficient (Wildman–Crippen LogP) is 3.63. The fourth-order valence-corrected chi connectivity index (χ4v) is 3.08. The zero-order chi connectivity index (χ0) is 18.9. The molecule has 0 aliphatic carbocycles. The van der Waals surface area contributed by atoms with Crippen LogP contribution < -0.4 is 0 Å². The van der Waals surface area contributed by atoms with E-state index in [1.807, 2.05) is 0 Å². The highest BCUT2D eigenvalue weighted by Crippen LogP contribution is 2.34. The number of pyridine rings is 1. The summed E-state index contributed by atoms with van der Waals surface area (Å²) in [5.41, 5.74) is -0.433. The lowest BCUT2D eigenvalue weighted by Gasteiger charge is -2.12. The van der Waals surface area contributed by atoms with Crippen molar-refractivity contribution in [2.75, 3.05) is 6.26 Å². The number of benzene rings is 1. The van der Waals surface area contributed by atoms with Gasteiger partial charge in [-0.1, -0.05) is 12.1 Å². The molecule has 134 valence electrons. The Bertz CT molecular complexity index is 1050. The molecule has 0 saturated heterocycles. The van der Waals surface area contributed by atoms with Gasteiger partial charge in [0.15, 0.2) is 15.7 Å². The summed E-state index contributed by atoms with van der Waals surface area (Å²) < 4.78 is 63.1. The monoisotopic (exact) mass is 379 g/mol. The van der Waals surface area contributed by atoms with Crippen LogP contribution in [0.5, 0.6) is 0 Å². The van der Waals surface area contributed by atoms with Gasteiger partial charge in [0.2, 0.25) is 0 Å². The zero-order valence-corrected chi connectivity index (χ0v) is 14.2. The van der Waals surface area contributed by atoms with E-state index in [-0.39, 0.29) is 22.0 Å². The van der Waals surface area contributed by atoms with E-state index < -0.39 is 21.6 Å². The minimum atomic E-state index is -4.56. The SMILES string of the molecule is CS(=O)(=O)c1cnc(-c2cccnc2)nc1-c1cccc(C(F)(F)F)c1. The van der Waals surface area contributed by atoms with E-state index in [0.29, 0.717) is 5.56 Å². The van der Waals surface area contributed by atoms with Crippen LogP contribution in [0.25, 0.3) is 22.6 Å². The number of nitrogens with zero attached hydrogens (tertiary/aromatic N) is 3. The summed E-state index contributed by atoms with van der Waals surface area (Å²) in [7, 11) is -3.75. The van der Waals surface area contributed by atoms with Crippen LogP contribution in [0.3, 0.4) is 0 Å². The van der Waals surface area contributed by atoms with Crippen LogP contribution in [0, 0.1) is 0 Å². The molecular weight excluding hydrogens is 367 g/mol. The maximum Gasteiger partial charge on any atom is 0.416 e. The van der Waals surface area contributed by atoms with Crippen molar-refractivity contribution in [1.29, 1.82) is 0 Å². The van der Waals surface area contributed by atoms with Gasteiger partial charge in [0, 0.05) is 29.8 Å². The minimum Gasteiger partial charge on any atom is -0.264 e. The fraction of sp³-hybridized carbons (Fsp3) is 0.118. The molecule has 0 amide bonds. The van der Waals surface area contributed by atoms with Crippen molar-refractivity contribution in [1.82, 2.24) is 15.0 Å². The van der Waals surface area contributed by atoms with E-state index in [0.717, 1.165) is 24.6 Å². The van der Waals surface area contributed by atoms with E-state index in [2.05, 4.69) is 15.0 Å². The number of hydrogen-bond donors (Lipinski definition) is 0. The second-order valence-electron chi connectivity index (χ2n) is 5.50. The van der Waals surface area contributed by atoms with Crippen molar-refractivity contribution in [3.8, 4) is 22.6 Å². The van der Waals surface area contributed by atoms with E-state index in [1.54, 1.807) is 18.3 Å². The summed E-state index contributed by atoms with van der Waals surface area (Å²) in [4.78, 5) is 11.9. The highest BCUT2D eigenvalue weighted by Gasteiger charge is 2.31. The third-order valence-corrected chi connectivity index (χ3v) is 4.64. The number of halogens is 3. The van der Waals surface area contributed by atoms with Crippen LogP contribution in [-0.2, 0) is 16.0 Å². The number of sulfone groups is 1.